The van der Waals surface area contributed by atoms with Gasteiger partial charge in [0.05, 0.1) is 13.2 Å². The second kappa shape index (κ2) is 41.1. The normalized spacial score (nSPS) is 14.0. The molecule has 55 heavy (non-hydrogen) atoms. The van der Waals surface area contributed by atoms with Crippen molar-refractivity contribution in [3.05, 3.63) is 72.9 Å². The first kappa shape index (κ1) is 52.5. The van der Waals surface area contributed by atoms with E-state index in [0.717, 1.165) is 51.4 Å². The molecule has 1 unspecified atom stereocenters. The summed E-state index contributed by atoms with van der Waals surface area (Å²) in [6, 6.07) is 0. The molecule has 0 rings (SSSR count). The predicted molar refractivity (Wildman–Crippen MR) is 229 cm³/mol. The average Bonchev–Trinajstić information content (AvgIpc) is 3.17. The Morgan fingerprint density at radius 3 is 1.53 bits per heavy atom. The average molecular weight is 792 g/mol. The Morgan fingerprint density at radius 2 is 0.982 bits per heavy atom. The van der Waals surface area contributed by atoms with Crippen LogP contribution >= 0.6 is 7.82 Å². The minimum Gasteiger partial charge on any atom is -0.462 e. The topological polar surface area (TPSA) is 134 Å². The van der Waals surface area contributed by atoms with E-state index >= 15 is 0 Å². The summed E-state index contributed by atoms with van der Waals surface area (Å²) < 4.78 is 32.7. The van der Waals surface area contributed by atoms with Gasteiger partial charge in [0.25, 0.3) is 0 Å². The summed E-state index contributed by atoms with van der Waals surface area (Å²) in [5.74, 6) is -0.935. The zero-order valence-corrected chi connectivity index (χ0v) is 35.5. The van der Waals surface area contributed by atoms with Gasteiger partial charge >= 0.3 is 19.8 Å². The predicted octanol–water partition coefficient (Wildman–Crippen LogP) is 12.3. The van der Waals surface area contributed by atoms with Gasteiger partial charge in [-0.3, -0.25) is 18.6 Å². The van der Waals surface area contributed by atoms with Crippen molar-refractivity contribution >= 4 is 19.8 Å². The van der Waals surface area contributed by atoms with Gasteiger partial charge < -0.3 is 20.1 Å². The Balaban J connectivity index is 4.32. The second-order valence-corrected chi connectivity index (χ2v) is 15.3. The number of nitrogens with two attached hydrogens (primary N) is 1. The Morgan fingerprint density at radius 1 is 0.545 bits per heavy atom. The lowest BCUT2D eigenvalue weighted by Gasteiger charge is -2.19. The molecule has 9 nitrogen and oxygen atoms in total. The first-order chi connectivity index (χ1) is 26.8. The molecule has 0 aromatic rings. The van der Waals surface area contributed by atoms with Gasteiger partial charge in [-0.2, -0.15) is 0 Å². The van der Waals surface area contributed by atoms with E-state index in [1.165, 1.54) is 77.0 Å². The van der Waals surface area contributed by atoms with Gasteiger partial charge in [0.15, 0.2) is 6.10 Å². The first-order valence-electron chi connectivity index (χ1n) is 21.4. The summed E-state index contributed by atoms with van der Waals surface area (Å²) in [5, 5.41) is 0. The maximum absolute atomic E-state index is 12.5. The lowest BCUT2D eigenvalue weighted by molar-refractivity contribution is -0.161. The Labute approximate surface area is 335 Å². The smallest absolute Gasteiger partial charge is 0.462 e. The van der Waals surface area contributed by atoms with Crippen LogP contribution in [-0.4, -0.2) is 49.3 Å². The van der Waals surface area contributed by atoms with Crippen molar-refractivity contribution in [2.45, 2.75) is 174 Å². The number of ether oxygens (including phenoxy) is 2. The molecule has 0 heterocycles. The number of phosphoric acid groups is 1. The molecule has 316 valence electrons. The van der Waals surface area contributed by atoms with Gasteiger partial charge in [-0.15, -0.1) is 0 Å². The monoisotopic (exact) mass is 792 g/mol. The summed E-state index contributed by atoms with van der Waals surface area (Å²) in [5.41, 5.74) is 5.34. The molecule has 0 aromatic carbocycles. The standard InChI is InChI=1S/C45H78NO8P/c1-3-5-7-9-11-13-15-17-19-20-21-22-24-26-28-30-32-34-36-38-45(48)54-43(42-53-55(49,50)52-40-39-46)41-51-44(47)37-35-33-31-29-27-25-23-18-16-14-12-10-8-6-4-2/h11,13-14,16-17,19,21-22,26,28,32,34,43H,3-10,12,15,18,20,23-25,27,29-31,33,35-42,46H2,1-2H3,(H,49,50)/t43-/m1/s1. The van der Waals surface area contributed by atoms with Crippen molar-refractivity contribution in [2.24, 2.45) is 5.73 Å². The molecule has 0 spiro atoms. The van der Waals surface area contributed by atoms with Gasteiger partial charge in [-0.25, -0.2) is 4.57 Å². The van der Waals surface area contributed by atoms with Crippen LogP contribution in [0.3, 0.4) is 0 Å². The molecule has 0 aliphatic carbocycles. The minimum absolute atomic E-state index is 0.0385. The number of carbonyl (C=O) groups excluding carboxylic acids is 2. The van der Waals surface area contributed by atoms with E-state index in [2.05, 4.69) is 74.6 Å². The van der Waals surface area contributed by atoms with Crippen molar-refractivity contribution in [3.63, 3.8) is 0 Å². The molecule has 3 N–H and O–H groups in total. The highest BCUT2D eigenvalue weighted by Gasteiger charge is 2.25. The quantitative estimate of drug-likeness (QED) is 0.0270. The molecule has 0 aliphatic heterocycles. The van der Waals surface area contributed by atoms with Crippen LogP contribution in [-0.2, 0) is 32.7 Å². The van der Waals surface area contributed by atoms with Crippen LogP contribution in [0.15, 0.2) is 72.9 Å². The Bertz CT molecular complexity index is 1130. The molecule has 0 bridgehead atoms. The van der Waals surface area contributed by atoms with Crippen LogP contribution in [0.25, 0.3) is 0 Å². The zero-order valence-electron chi connectivity index (χ0n) is 34.6. The SMILES string of the molecule is CCCCCC=CCC=CCC=CCC=CCC=CCCC(=O)O[C@H](COC(=O)CCCCCCCCCC=CCCCCCC)COP(=O)(O)OCCN. The van der Waals surface area contributed by atoms with Crippen LogP contribution in [0.2, 0.25) is 0 Å². The van der Waals surface area contributed by atoms with Gasteiger partial charge in [0.2, 0.25) is 0 Å². The maximum atomic E-state index is 12.5. The number of esters is 2. The van der Waals surface area contributed by atoms with E-state index < -0.39 is 32.5 Å². The molecule has 10 heteroatoms. The molecular formula is C45H78NO8P. The molecule has 0 aromatic heterocycles. The third kappa shape index (κ3) is 40.9. The van der Waals surface area contributed by atoms with Gasteiger partial charge in [0, 0.05) is 19.4 Å². The van der Waals surface area contributed by atoms with Crippen molar-refractivity contribution in [1.29, 1.82) is 0 Å². The fourth-order valence-corrected chi connectivity index (χ4v) is 6.14. The number of unbranched alkanes of at least 4 members (excludes halogenated alkanes) is 14. The van der Waals surface area contributed by atoms with Gasteiger partial charge in [-0.1, -0.05) is 151 Å². The van der Waals surface area contributed by atoms with E-state index in [0.29, 0.717) is 12.8 Å². The van der Waals surface area contributed by atoms with Gasteiger partial charge in [-0.05, 0) is 77.0 Å². The summed E-state index contributed by atoms with van der Waals surface area (Å²) in [6.07, 6.45) is 49.4. The van der Waals surface area contributed by atoms with E-state index in [9.17, 15) is 19.0 Å². The number of phosphoric ester groups is 1. The van der Waals surface area contributed by atoms with Crippen LogP contribution in [0.5, 0.6) is 0 Å². The molecule has 0 amide bonds. The van der Waals surface area contributed by atoms with Crippen molar-refractivity contribution in [2.75, 3.05) is 26.4 Å². The van der Waals surface area contributed by atoms with Crippen molar-refractivity contribution in [1.82, 2.24) is 0 Å². The lowest BCUT2D eigenvalue weighted by atomic mass is 10.1. The summed E-state index contributed by atoms with van der Waals surface area (Å²) >= 11 is 0. The van der Waals surface area contributed by atoms with Crippen molar-refractivity contribution < 1.29 is 37.6 Å². The molecule has 0 saturated carbocycles. The zero-order chi connectivity index (χ0) is 40.3. The maximum Gasteiger partial charge on any atom is 0.472 e. The van der Waals surface area contributed by atoms with Crippen LogP contribution in [0, 0.1) is 0 Å². The number of hydrogen-bond acceptors (Lipinski definition) is 8. The van der Waals surface area contributed by atoms with Crippen LogP contribution < -0.4 is 5.73 Å². The number of rotatable bonds is 39. The number of allylic oxidation sites excluding steroid dienone is 12. The largest absolute Gasteiger partial charge is 0.472 e. The fourth-order valence-electron chi connectivity index (χ4n) is 5.37. The minimum atomic E-state index is -4.40. The lowest BCUT2D eigenvalue weighted by Crippen LogP contribution is -2.29. The van der Waals surface area contributed by atoms with E-state index in [1.807, 2.05) is 12.2 Å². The van der Waals surface area contributed by atoms with Gasteiger partial charge in [0.1, 0.15) is 6.61 Å². The Kier molecular flexibility index (Phi) is 39.2. The van der Waals surface area contributed by atoms with Crippen LogP contribution in [0.1, 0.15) is 168 Å². The molecule has 0 radical (unpaired) electrons. The molecular weight excluding hydrogens is 713 g/mol. The molecule has 2 atom stereocenters. The second-order valence-electron chi connectivity index (χ2n) is 13.8. The van der Waals surface area contributed by atoms with E-state index in [4.69, 9.17) is 24.3 Å². The third-order valence-corrected chi connectivity index (χ3v) is 9.56. The number of hydrogen-bond donors (Lipinski definition) is 2. The first-order valence-corrected chi connectivity index (χ1v) is 22.9. The highest BCUT2D eigenvalue weighted by Crippen LogP contribution is 2.43. The Hall–Kier alpha value is -2.55. The molecule has 0 saturated heterocycles. The highest BCUT2D eigenvalue weighted by molar-refractivity contribution is 7.47. The highest BCUT2D eigenvalue weighted by atomic mass is 31.2. The van der Waals surface area contributed by atoms with Crippen molar-refractivity contribution in [3.8, 4) is 0 Å². The summed E-state index contributed by atoms with van der Waals surface area (Å²) in [4.78, 5) is 34.8. The fraction of sp³-hybridized carbons (Fsp3) is 0.689. The summed E-state index contributed by atoms with van der Waals surface area (Å²) in [7, 11) is -4.40. The molecule has 0 aliphatic rings. The third-order valence-electron chi connectivity index (χ3n) is 8.58. The molecule has 0 fully saturated rings. The number of carbonyl (C=O) groups is 2. The summed E-state index contributed by atoms with van der Waals surface area (Å²) in [6.45, 7) is 3.59. The van der Waals surface area contributed by atoms with Crippen LogP contribution in [0.4, 0.5) is 0 Å². The van der Waals surface area contributed by atoms with E-state index in [1.54, 1.807) is 0 Å². The van der Waals surface area contributed by atoms with E-state index in [-0.39, 0.29) is 32.6 Å².